The molecule has 68 heavy (non-hydrogen) atoms. The second-order valence-electron chi connectivity index (χ2n) is 15.5. The van der Waals surface area contributed by atoms with Crippen molar-refractivity contribution < 1.29 is 0 Å². The summed E-state index contributed by atoms with van der Waals surface area (Å²) in [4.78, 5) is 49.1. The Morgan fingerprint density at radius 3 is 1.51 bits per heavy atom. The summed E-state index contributed by atoms with van der Waals surface area (Å²) in [6, 6.07) is 19.7. The molecule has 0 atom stereocenters. The first-order chi connectivity index (χ1) is 32.8. The Hall–Kier alpha value is -8.21. The normalized spacial score (nSPS) is 11.6. The van der Waals surface area contributed by atoms with Crippen LogP contribution >= 0.6 is 11.6 Å². The fourth-order valence-electron chi connectivity index (χ4n) is 6.83. The molecule has 24 heteroatoms. The van der Waals surface area contributed by atoms with Gasteiger partial charge in [0.25, 0.3) is 0 Å². The van der Waals surface area contributed by atoms with Crippen molar-refractivity contribution >= 4 is 98.4 Å². The maximum Gasteiger partial charge on any atom is 0.229 e. The smallest absolute Gasteiger partial charge is 0.229 e. The molecule has 7 rings (SSSR count). The molecule has 356 valence electrons. The van der Waals surface area contributed by atoms with Crippen LogP contribution in [0.3, 0.4) is 0 Å². The number of amidine groups is 2. The molecular weight excluding hydrogens is 886 g/mol. The Balaban J connectivity index is 0.000000230. The molecule has 0 aliphatic heterocycles. The number of nitrogen functional groups attached to an aromatic ring is 6. The van der Waals surface area contributed by atoms with Crippen molar-refractivity contribution in [2.24, 2.45) is 21.5 Å². The molecule has 0 radical (unpaired) electrons. The van der Waals surface area contributed by atoms with Crippen LogP contribution in [0.4, 0.5) is 53.3 Å². The van der Waals surface area contributed by atoms with Gasteiger partial charge in [0.15, 0.2) is 0 Å². The van der Waals surface area contributed by atoms with E-state index in [2.05, 4.69) is 89.8 Å². The van der Waals surface area contributed by atoms with Gasteiger partial charge in [-0.1, -0.05) is 53.9 Å². The van der Waals surface area contributed by atoms with Crippen molar-refractivity contribution in [3.05, 3.63) is 88.2 Å². The van der Waals surface area contributed by atoms with Crippen LogP contribution in [0.2, 0.25) is 5.02 Å². The zero-order chi connectivity index (χ0) is 48.4. The van der Waals surface area contributed by atoms with Gasteiger partial charge in [-0.05, 0) is 75.8 Å². The number of nitrogens with one attached hydrogen (secondary N) is 3. The molecule has 0 saturated heterocycles. The number of fused-ring (bicyclic) bond motifs is 2. The summed E-state index contributed by atoms with van der Waals surface area (Å²) in [5.74, 6) is 2.98. The molecule has 7 aromatic rings. The van der Waals surface area contributed by atoms with Crippen LogP contribution in [-0.2, 0) is 6.42 Å². The first-order valence-electron chi connectivity index (χ1n) is 22.0. The molecule has 0 aliphatic rings. The van der Waals surface area contributed by atoms with E-state index in [4.69, 9.17) is 62.5 Å². The number of anilines is 9. The fraction of sp³-hybridized carbons (Fsp3) is 0.318. The van der Waals surface area contributed by atoms with Crippen molar-refractivity contribution in [2.45, 2.75) is 58.3 Å². The number of hydrogen-bond acceptors (Lipinski definition) is 21. The minimum Gasteiger partial charge on any atom is -0.384 e. The van der Waals surface area contributed by atoms with Gasteiger partial charge in [-0.15, -0.1) is 0 Å². The number of aliphatic imine (C=N–C) groups is 2. The molecule has 19 N–H and O–H groups in total. The van der Waals surface area contributed by atoms with Crippen LogP contribution < -0.4 is 61.8 Å². The van der Waals surface area contributed by atoms with E-state index in [1.165, 1.54) is 5.56 Å². The number of aromatic nitrogens is 10. The molecule has 0 fully saturated rings. The molecule has 3 aromatic carbocycles. The molecule has 4 aromatic heterocycles. The van der Waals surface area contributed by atoms with Gasteiger partial charge in [-0.2, -0.15) is 44.9 Å². The lowest BCUT2D eigenvalue weighted by Gasteiger charge is -2.14. The molecule has 0 spiro atoms. The summed E-state index contributed by atoms with van der Waals surface area (Å²) in [6.07, 6.45) is 6.97. The third-order valence-electron chi connectivity index (χ3n) is 10.1. The summed E-state index contributed by atoms with van der Waals surface area (Å²) in [7, 11) is 0. The van der Waals surface area contributed by atoms with Crippen molar-refractivity contribution in [1.29, 1.82) is 0 Å². The lowest BCUT2D eigenvalue weighted by atomic mass is 10.1. The molecule has 0 bridgehead atoms. The highest BCUT2D eigenvalue weighted by molar-refractivity contribution is 6.31. The molecule has 0 saturated carbocycles. The van der Waals surface area contributed by atoms with Gasteiger partial charge in [-0.25, -0.2) is 4.98 Å². The topological polar surface area (TPSA) is 398 Å². The van der Waals surface area contributed by atoms with Gasteiger partial charge in [0.05, 0.1) is 16.7 Å². The maximum absolute atomic E-state index is 6.18. The SMILES string of the molecule is Cc1ccc2nc3cc(Cl)ccc3c(NCCCCNc3nc(N)nc(N)n3)c2c1.NC(=NCCCCCc1nc(N)nc(N)n1)c1ccc(C(N)=NCCCCNc2nc(N)nc(N)n2)cc1. The standard InChI is InChI=1S/C23H35N15.C21H23ClN8/c24-17(30-11-3-1-2-6-16-33-19(26)35-20(27)34-16)14-7-9-15(10-8-14)18(25)31-12-4-5-13-32-23-37-21(28)36-22(29)38-23;1-12-4-7-16-15(10-12)18(14-6-5-13(22)11-17(14)27-16)25-8-2-3-9-26-21-29-19(23)28-20(24)30-21/h7-10H,1-6,11-13H2,(H2,24,30)(H2,25,31)(H4,26,27,33,34,35)(H5,28,29,32,36,37,38);4-7,10-11H,2-3,8-9H2,1H3,(H,25,27)(H5,23,24,26,28,29,30). The van der Waals surface area contributed by atoms with Crippen LogP contribution in [0.25, 0.3) is 21.8 Å². The fourth-order valence-corrected chi connectivity index (χ4v) is 7.00. The lowest BCUT2D eigenvalue weighted by molar-refractivity contribution is 0.668. The highest BCUT2D eigenvalue weighted by Crippen LogP contribution is 2.33. The largest absolute Gasteiger partial charge is 0.384 e. The number of hydrogen-bond donors (Lipinski definition) is 11. The highest BCUT2D eigenvalue weighted by Gasteiger charge is 2.11. The van der Waals surface area contributed by atoms with Crippen LogP contribution in [0.15, 0.2) is 70.6 Å². The average molecular weight is 945 g/mol. The lowest BCUT2D eigenvalue weighted by Crippen LogP contribution is -2.17. The molecule has 4 heterocycles. The molecule has 0 unspecified atom stereocenters. The minimum absolute atomic E-state index is 0.0818. The molecule has 23 nitrogen and oxygen atoms in total. The third kappa shape index (κ3) is 15.2. The van der Waals surface area contributed by atoms with E-state index in [9.17, 15) is 0 Å². The van der Waals surface area contributed by atoms with Gasteiger partial charge in [-0.3, -0.25) is 9.98 Å². The summed E-state index contributed by atoms with van der Waals surface area (Å²) in [6.45, 7) is 5.47. The second-order valence-corrected chi connectivity index (χ2v) is 15.9. The van der Waals surface area contributed by atoms with Gasteiger partial charge in [0.1, 0.15) is 17.5 Å². The van der Waals surface area contributed by atoms with Crippen LogP contribution in [0.1, 0.15) is 67.5 Å². The van der Waals surface area contributed by atoms with Crippen LogP contribution in [0, 0.1) is 6.92 Å². The van der Waals surface area contributed by atoms with Gasteiger partial charge >= 0.3 is 0 Å². The van der Waals surface area contributed by atoms with E-state index < -0.39 is 0 Å². The Kier molecular flexibility index (Phi) is 17.6. The monoisotopic (exact) mass is 943 g/mol. The summed E-state index contributed by atoms with van der Waals surface area (Å²) >= 11 is 6.18. The first kappa shape index (κ1) is 49.2. The van der Waals surface area contributed by atoms with Crippen molar-refractivity contribution in [3.8, 4) is 0 Å². The van der Waals surface area contributed by atoms with E-state index in [1.807, 2.05) is 48.5 Å². The third-order valence-corrected chi connectivity index (χ3v) is 10.3. The molecule has 0 aliphatic carbocycles. The number of nitrogens with two attached hydrogens (primary N) is 8. The number of pyridine rings is 1. The summed E-state index contributed by atoms with van der Waals surface area (Å²) < 4.78 is 0. The zero-order valence-corrected chi connectivity index (χ0v) is 38.6. The predicted octanol–water partition coefficient (Wildman–Crippen LogP) is 4.10. The van der Waals surface area contributed by atoms with Crippen LogP contribution in [-0.4, -0.2) is 94.2 Å². The number of rotatable bonds is 21. The number of halogens is 1. The maximum atomic E-state index is 6.18. The van der Waals surface area contributed by atoms with Gasteiger partial charge in [0.2, 0.25) is 47.6 Å². The Morgan fingerprint density at radius 2 is 0.971 bits per heavy atom. The average Bonchev–Trinajstić information content (AvgIpc) is 3.28. The second kappa shape index (κ2) is 24.4. The van der Waals surface area contributed by atoms with Crippen molar-refractivity contribution in [3.63, 3.8) is 0 Å². The van der Waals surface area contributed by atoms with Crippen LogP contribution in [0.5, 0.6) is 0 Å². The summed E-state index contributed by atoms with van der Waals surface area (Å²) in [5.41, 5.74) is 51.5. The summed E-state index contributed by atoms with van der Waals surface area (Å²) in [5, 5.41) is 12.6. The minimum atomic E-state index is 0.0818. The predicted molar refractivity (Wildman–Crippen MR) is 274 cm³/mol. The Morgan fingerprint density at radius 1 is 0.485 bits per heavy atom. The zero-order valence-electron chi connectivity index (χ0n) is 37.8. The van der Waals surface area contributed by atoms with Gasteiger partial charge in [0, 0.05) is 66.1 Å². The number of unbranched alkanes of at least 4 members (excludes halogenated alkanes) is 4. The number of benzene rings is 3. The van der Waals surface area contributed by atoms with E-state index in [-0.39, 0.29) is 35.7 Å². The van der Waals surface area contributed by atoms with E-state index >= 15 is 0 Å². The Labute approximate surface area is 398 Å². The Bertz CT molecular complexity index is 2680. The van der Waals surface area contributed by atoms with Crippen molar-refractivity contribution in [1.82, 2.24) is 49.8 Å². The molecular formula is C44H58ClN23. The van der Waals surface area contributed by atoms with Crippen molar-refractivity contribution in [2.75, 3.05) is 83.1 Å². The van der Waals surface area contributed by atoms with E-state index in [0.29, 0.717) is 67.0 Å². The number of aryl methyl sites for hydroxylation is 2. The first-order valence-corrected chi connectivity index (χ1v) is 22.4. The van der Waals surface area contributed by atoms with E-state index in [1.54, 1.807) is 0 Å². The number of nitrogens with zero attached hydrogens (tertiary/aromatic N) is 12. The quantitative estimate of drug-likeness (QED) is 0.0209. The highest BCUT2D eigenvalue weighted by atomic mass is 35.5. The molecule has 0 amide bonds. The van der Waals surface area contributed by atoms with E-state index in [0.717, 1.165) is 90.1 Å². The van der Waals surface area contributed by atoms with Gasteiger partial charge < -0.3 is 61.8 Å².